The zero-order valence-electron chi connectivity index (χ0n) is 32.0. The quantitative estimate of drug-likeness (QED) is 0.152. The fraction of sp³-hybridized carbons (Fsp3) is 0.0370. The Balaban J connectivity index is 1.08. The molecule has 0 atom stereocenters. The predicted octanol–water partition coefficient (Wildman–Crippen LogP) is 12.9. The van der Waals surface area contributed by atoms with Gasteiger partial charge in [-0.05, 0) is 95.8 Å². The maximum absolute atomic E-state index is 5.49. The van der Waals surface area contributed by atoms with Gasteiger partial charge in [0, 0.05) is 11.1 Å². The van der Waals surface area contributed by atoms with Gasteiger partial charge in [-0.1, -0.05) is 195 Å². The summed E-state index contributed by atoms with van der Waals surface area (Å²) < 4.78 is 0. The highest BCUT2D eigenvalue weighted by Crippen LogP contribution is 2.38. The lowest BCUT2D eigenvalue weighted by molar-refractivity contribution is 1.20. The molecule has 0 amide bonds. The molecule has 0 aliphatic carbocycles. The molecule has 0 N–H and O–H groups in total. The van der Waals surface area contributed by atoms with Gasteiger partial charge in [-0.25, -0.2) is 9.97 Å². The standard InChI is InChI=1S/C54H40N2Si/c1-57(2)50-30-13-12-29-48(50)52-53(57)51(45-27-15-23-40(34-45)37-17-6-3-7-18-37)55-54(56-52)46-28-16-26-43(35-46)41-24-14-25-42(33-41)44-31-32-47(38-19-8-4-9-20-38)49(36-44)39-21-10-5-11-22-39/h3-36H,1-2H3. The number of rotatable bonds is 7. The first-order valence-corrected chi connectivity index (χ1v) is 22.7. The first kappa shape index (κ1) is 34.5. The normalized spacial score (nSPS) is 12.5. The average Bonchev–Trinajstić information content (AvgIpc) is 3.52. The highest BCUT2D eigenvalue weighted by atomic mass is 28.3. The van der Waals surface area contributed by atoms with Gasteiger partial charge in [-0.3, -0.25) is 0 Å². The molecule has 1 aliphatic rings. The maximum atomic E-state index is 5.49. The molecule has 2 nitrogen and oxygen atoms in total. The van der Waals surface area contributed by atoms with Crippen LogP contribution in [0.3, 0.4) is 0 Å². The van der Waals surface area contributed by atoms with Crippen LogP contribution in [-0.2, 0) is 0 Å². The minimum atomic E-state index is -2.11. The van der Waals surface area contributed by atoms with Crippen molar-refractivity contribution in [3.8, 4) is 89.5 Å². The van der Waals surface area contributed by atoms with E-state index >= 15 is 0 Å². The van der Waals surface area contributed by atoms with E-state index in [1.54, 1.807) is 0 Å². The number of hydrogen-bond donors (Lipinski definition) is 0. The fourth-order valence-corrected chi connectivity index (χ4v) is 11.8. The van der Waals surface area contributed by atoms with E-state index in [9.17, 15) is 0 Å². The number of aromatic nitrogens is 2. The van der Waals surface area contributed by atoms with E-state index in [4.69, 9.17) is 9.97 Å². The fourth-order valence-electron chi connectivity index (χ4n) is 8.60. The highest BCUT2D eigenvalue weighted by Gasteiger charge is 2.41. The van der Waals surface area contributed by atoms with Crippen LogP contribution in [-0.4, -0.2) is 18.0 Å². The zero-order chi connectivity index (χ0) is 38.3. The van der Waals surface area contributed by atoms with Crippen LogP contribution in [0.15, 0.2) is 206 Å². The van der Waals surface area contributed by atoms with Crippen LogP contribution < -0.4 is 10.4 Å². The van der Waals surface area contributed by atoms with Crippen molar-refractivity contribution in [2.75, 3.05) is 0 Å². The van der Waals surface area contributed by atoms with E-state index in [1.807, 2.05) is 0 Å². The van der Waals surface area contributed by atoms with E-state index in [2.05, 4.69) is 219 Å². The first-order chi connectivity index (χ1) is 28.0. The highest BCUT2D eigenvalue weighted by molar-refractivity contribution is 7.04. The van der Waals surface area contributed by atoms with Gasteiger partial charge in [0.05, 0.1) is 11.4 Å². The minimum absolute atomic E-state index is 0.748. The van der Waals surface area contributed by atoms with Crippen LogP contribution >= 0.6 is 0 Å². The summed E-state index contributed by atoms with van der Waals surface area (Å²) in [6, 6.07) is 74.1. The van der Waals surface area contributed by atoms with E-state index in [1.165, 1.54) is 60.4 Å². The molecule has 2 heterocycles. The number of hydrogen-bond acceptors (Lipinski definition) is 2. The van der Waals surface area contributed by atoms with Crippen LogP contribution in [0.5, 0.6) is 0 Å². The van der Waals surface area contributed by atoms with Crippen molar-refractivity contribution in [1.82, 2.24) is 9.97 Å². The molecular formula is C54H40N2Si. The third kappa shape index (κ3) is 6.32. The molecule has 0 unspecified atom stereocenters. The first-order valence-electron chi connectivity index (χ1n) is 19.7. The number of fused-ring (bicyclic) bond motifs is 3. The van der Waals surface area contributed by atoms with Gasteiger partial charge < -0.3 is 0 Å². The smallest absolute Gasteiger partial charge is 0.160 e. The lowest BCUT2D eigenvalue weighted by Crippen LogP contribution is -2.50. The Kier molecular flexibility index (Phi) is 8.66. The van der Waals surface area contributed by atoms with Gasteiger partial charge in [-0.2, -0.15) is 0 Å². The summed E-state index contributed by atoms with van der Waals surface area (Å²) in [6.45, 7) is 4.88. The van der Waals surface area contributed by atoms with Crippen molar-refractivity contribution < 1.29 is 0 Å². The SMILES string of the molecule is C[Si]1(C)c2ccccc2-c2nc(-c3cccc(-c4cccc(-c5ccc(-c6ccccc6)c(-c6ccccc6)c5)c4)c3)nc(-c3cccc(-c4ccccc4)c3)c21. The van der Waals surface area contributed by atoms with Crippen molar-refractivity contribution in [2.45, 2.75) is 13.1 Å². The van der Waals surface area contributed by atoms with Crippen molar-refractivity contribution in [3.63, 3.8) is 0 Å². The van der Waals surface area contributed by atoms with Crippen LogP contribution in [0.25, 0.3) is 89.5 Å². The van der Waals surface area contributed by atoms with E-state index in [0.717, 1.165) is 39.5 Å². The van der Waals surface area contributed by atoms with Gasteiger partial charge in [-0.15, -0.1) is 0 Å². The van der Waals surface area contributed by atoms with Gasteiger partial charge in [0.25, 0.3) is 0 Å². The molecule has 8 aromatic carbocycles. The molecule has 270 valence electrons. The second kappa shape index (κ2) is 14.3. The molecule has 0 bridgehead atoms. The van der Waals surface area contributed by atoms with Crippen molar-refractivity contribution in [1.29, 1.82) is 0 Å². The molecule has 9 aromatic rings. The zero-order valence-corrected chi connectivity index (χ0v) is 33.0. The summed E-state index contributed by atoms with van der Waals surface area (Å²) in [4.78, 5) is 10.9. The lowest BCUT2D eigenvalue weighted by atomic mass is 9.90. The Hall–Kier alpha value is -6.94. The summed E-state index contributed by atoms with van der Waals surface area (Å²) in [5.74, 6) is 0.748. The minimum Gasteiger partial charge on any atom is -0.228 e. The third-order valence-corrected chi connectivity index (χ3v) is 15.0. The predicted molar refractivity (Wildman–Crippen MR) is 242 cm³/mol. The van der Waals surface area contributed by atoms with Crippen LogP contribution in [0.1, 0.15) is 0 Å². The van der Waals surface area contributed by atoms with Gasteiger partial charge >= 0.3 is 0 Å². The van der Waals surface area contributed by atoms with E-state index in [-0.39, 0.29) is 0 Å². The van der Waals surface area contributed by atoms with Crippen LogP contribution in [0.2, 0.25) is 13.1 Å². The molecular weight excluding hydrogens is 705 g/mol. The molecule has 0 spiro atoms. The Labute approximate surface area is 335 Å². The summed E-state index contributed by atoms with van der Waals surface area (Å²) in [6.07, 6.45) is 0. The van der Waals surface area contributed by atoms with E-state index in [0.29, 0.717) is 0 Å². The van der Waals surface area contributed by atoms with Gasteiger partial charge in [0.1, 0.15) is 8.07 Å². The Morgan fingerprint density at radius 1 is 0.298 bits per heavy atom. The Morgan fingerprint density at radius 2 is 0.737 bits per heavy atom. The van der Waals surface area contributed by atoms with Crippen molar-refractivity contribution in [2.24, 2.45) is 0 Å². The molecule has 1 aliphatic heterocycles. The average molecular weight is 745 g/mol. The second-order valence-electron chi connectivity index (χ2n) is 15.4. The maximum Gasteiger partial charge on any atom is 0.160 e. The number of benzene rings is 8. The molecule has 3 heteroatoms. The van der Waals surface area contributed by atoms with Gasteiger partial charge in [0.2, 0.25) is 0 Å². The molecule has 1 aromatic heterocycles. The molecule has 57 heavy (non-hydrogen) atoms. The summed E-state index contributed by atoms with van der Waals surface area (Å²) in [7, 11) is -2.11. The molecule has 0 radical (unpaired) electrons. The largest absolute Gasteiger partial charge is 0.228 e. The lowest BCUT2D eigenvalue weighted by Gasteiger charge is -2.22. The van der Waals surface area contributed by atoms with Gasteiger partial charge in [0.15, 0.2) is 5.82 Å². The monoisotopic (exact) mass is 744 g/mol. The summed E-state index contributed by atoms with van der Waals surface area (Å²) in [5, 5.41) is 2.74. The summed E-state index contributed by atoms with van der Waals surface area (Å²) in [5.41, 5.74) is 17.4. The number of nitrogens with zero attached hydrogens (tertiary/aromatic N) is 2. The van der Waals surface area contributed by atoms with Crippen LogP contribution in [0, 0.1) is 0 Å². The molecule has 10 rings (SSSR count). The molecule has 0 fully saturated rings. The third-order valence-electron chi connectivity index (χ3n) is 11.5. The van der Waals surface area contributed by atoms with E-state index < -0.39 is 8.07 Å². The Bertz CT molecular complexity index is 2920. The van der Waals surface area contributed by atoms with Crippen molar-refractivity contribution >= 4 is 18.4 Å². The van der Waals surface area contributed by atoms with Crippen molar-refractivity contribution in [3.05, 3.63) is 206 Å². The molecule has 0 saturated heterocycles. The Morgan fingerprint density at radius 3 is 1.39 bits per heavy atom. The summed E-state index contributed by atoms with van der Waals surface area (Å²) >= 11 is 0. The second-order valence-corrected chi connectivity index (χ2v) is 19.7. The topological polar surface area (TPSA) is 25.8 Å². The van der Waals surface area contributed by atoms with Crippen LogP contribution in [0.4, 0.5) is 0 Å². The molecule has 0 saturated carbocycles.